The Kier molecular flexibility index (Phi) is 8.98. The smallest absolute Gasteiger partial charge is 0.0149 e. The van der Waals surface area contributed by atoms with Gasteiger partial charge in [-0.15, -0.1) is 0 Å². The SMILES string of the molecule is CC(C)(C)c1cc(C(C)(C)C)c(-p2c3cc4ccccc4cc3p2-c2c(C(C)(C)C)cc(C(C)(C)C)cc2C(C)(C)C)c(C(C)(C)C)c1. The maximum Gasteiger partial charge on any atom is 0.0149 e. The number of fused-ring (bicyclic) bond motifs is 2. The summed E-state index contributed by atoms with van der Waals surface area (Å²) in [6.45, 7) is 43.7. The van der Waals surface area contributed by atoms with Crippen LogP contribution in [0.3, 0.4) is 0 Å². The average molecular weight is 679 g/mol. The summed E-state index contributed by atoms with van der Waals surface area (Å²) < 4.78 is 0. The lowest BCUT2D eigenvalue weighted by atomic mass is 9.75. The summed E-state index contributed by atoms with van der Waals surface area (Å²) in [6.07, 6.45) is 0. The molecule has 2 unspecified atom stereocenters. The maximum atomic E-state index is 2.61. The van der Waals surface area contributed by atoms with Gasteiger partial charge in [0.25, 0.3) is 0 Å². The topological polar surface area (TPSA) is 0 Å². The van der Waals surface area contributed by atoms with Crippen molar-refractivity contribution in [2.45, 2.75) is 157 Å². The van der Waals surface area contributed by atoms with Gasteiger partial charge in [0.2, 0.25) is 0 Å². The van der Waals surface area contributed by atoms with Crippen molar-refractivity contribution >= 4 is 35.4 Å². The summed E-state index contributed by atoms with van der Waals surface area (Å²) in [7, 11) is -1.28. The molecule has 0 amide bonds. The molecule has 258 valence electrons. The molecule has 5 aromatic rings. The molecule has 0 aliphatic heterocycles. The standard InChI is InChI=1S/C46H64P2/c1-41(2,3)31-25-33(43(7,8)9)39(34(26-31)44(10,11)12)47-37-23-29-21-19-20-22-30(29)24-38(37)48(47)40-35(45(13,14)15)27-32(42(4,5)6)28-36(40)46(16,17)18/h19-28H,1-18H3. The first-order chi connectivity index (χ1) is 21.6. The minimum absolute atomic E-state index is 0.0162. The molecule has 0 saturated heterocycles. The first kappa shape index (κ1) is 37.0. The minimum Gasteiger partial charge on any atom is -0.0616 e. The molecule has 0 radical (unpaired) electrons. The monoisotopic (exact) mass is 678 g/mol. The van der Waals surface area contributed by atoms with Crippen molar-refractivity contribution in [3.63, 3.8) is 0 Å². The largest absolute Gasteiger partial charge is 0.0616 e. The lowest BCUT2D eigenvalue weighted by Gasteiger charge is -2.39. The third kappa shape index (κ3) is 6.76. The zero-order valence-electron chi connectivity index (χ0n) is 33.7. The second-order valence-electron chi connectivity index (χ2n) is 20.7. The van der Waals surface area contributed by atoms with Gasteiger partial charge in [0.1, 0.15) is 0 Å². The summed E-state index contributed by atoms with van der Waals surface area (Å²) in [5, 5.41) is 9.27. The Morgan fingerprint density at radius 1 is 0.333 bits per heavy atom. The molecule has 2 atom stereocenters. The molecule has 48 heavy (non-hydrogen) atoms. The van der Waals surface area contributed by atoms with Gasteiger partial charge in [0.15, 0.2) is 0 Å². The molecule has 0 fully saturated rings. The second-order valence-corrected chi connectivity index (χ2v) is 26.2. The molecule has 4 aromatic carbocycles. The number of rotatable bonds is 2. The predicted octanol–water partition coefficient (Wildman–Crippen LogP) is 15.7. The van der Waals surface area contributed by atoms with Gasteiger partial charge in [0, 0.05) is 20.8 Å². The van der Waals surface area contributed by atoms with Crippen LogP contribution >= 0.6 is 14.4 Å². The average Bonchev–Trinajstić information content (AvgIpc) is 2.90. The van der Waals surface area contributed by atoms with Crippen LogP contribution in [0.25, 0.3) is 31.6 Å². The van der Waals surface area contributed by atoms with E-state index in [0.717, 1.165) is 0 Å². The van der Waals surface area contributed by atoms with Crippen molar-refractivity contribution in [2.24, 2.45) is 0 Å². The fourth-order valence-corrected chi connectivity index (χ4v) is 16.6. The molecule has 0 spiro atoms. The summed E-state index contributed by atoms with van der Waals surface area (Å²) >= 11 is 0. The molecule has 2 heteroatoms. The highest BCUT2D eigenvalue weighted by molar-refractivity contribution is 8.22. The van der Waals surface area contributed by atoms with E-state index >= 15 is 0 Å². The number of hydrogen-bond donors (Lipinski definition) is 0. The fraction of sp³-hybridized carbons (Fsp3) is 0.522. The summed E-state index contributed by atoms with van der Waals surface area (Å²) in [5.41, 5.74) is 9.35. The van der Waals surface area contributed by atoms with Gasteiger partial charge in [-0.25, -0.2) is 0 Å². The van der Waals surface area contributed by atoms with Gasteiger partial charge in [-0.1, -0.05) is 188 Å². The third-order valence-electron chi connectivity index (χ3n) is 10.1. The molecule has 0 aliphatic rings. The first-order valence-electron chi connectivity index (χ1n) is 18.1. The van der Waals surface area contributed by atoms with Crippen LogP contribution in [0.15, 0.2) is 60.7 Å². The molecule has 1 heterocycles. The van der Waals surface area contributed by atoms with Crippen molar-refractivity contribution in [1.82, 2.24) is 0 Å². The quantitative estimate of drug-likeness (QED) is 0.174. The van der Waals surface area contributed by atoms with Crippen LogP contribution in [0.1, 0.15) is 158 Å². The van der Waals surface area contributed by atoms with Crippen LogP contribution in [-0.2, 0) is 32.5 Å². The summed E-state index contributed by atoms with van der Waals surface area (Å²) in [5.74, 6) is 0. The lowest BCUT2D eigenvalue weighted by Crippen LogP contribution is -2.23. The van der Waals surface area contributed by atoms with Gasteiger partial charge in [-0.2, -0.15) is 0 Å². The van der Waals surface area contributed by atoms with Crippen LogP contribution in [0.2, 0.25) is 0 Å². The highest BCUT2D eigenvalue weighted by Gasteiger charge is 2.37. The normalized spacial score (nSPS) is 14.8. The molecule has 0 N–H and O–H groups in total. The van der Waals surface area contributed by atoms with E-state index < -0.39 is 14.4 Å². The number of hydrogen-bond acceptors (Lipinski definition) is 0. The molecular weight excluding hydrogens is 614 g/mol. The number of benzene rings is 4. The van der Waals surface area contributed by atoms with Gasteiger partial charge in [-0.3, -0.25) is 0 Å². The maximum absolute atomic E-state index is 2.61. The van der Waals surface area contributed by atoms with E-state index in [2.05, 4.69) is 185 Å². The van der Waals surface area contributed by atoms with Gasteiger partial charge >= 0.3 is 0 Å². The second kappa shape index (κ2) is 11.6. The molecule has 5 rings (SSSR count). The highest BCUT2D eigenvalue weighted by Crippen LogP contribution is 2.78. The molecule has 0 nitrogen and oxygen atoms in total. The van der Waals surface area contributed by atoms with Crippen LogP contribution in [0.5, 0.6) is 0 Å². The van der Waals surface area contributed by atoms with E-state index in [1.54, 1.807) is 43.1 Å². The van der Waals surface area contributed by atoms with Crippen molar-refractivity contribution in [1.29, 1.82) is 0 Å². The van der Waals surface area contributed by atoms with Crippen LogP contribution < -0.4 is 0 Å². The molecule has 1 aromatic heterocycles. The van der Waals surface area contributed by atoms with E-state index in [9.17, 15) is 0 Å². The van der Waals surface area contributed by atoms with Crippen LogP contribution in [0.4, 0.5) is 0 Å². The Morgan fingerprint density at radius 3 is 0.792 bits per heavy atom. The lowest BCUT2D eigenvalue weighted by molar-refractivity contribution is 0.551. The summed E-state index contributed by atoms with van der Waals surface area (Å²) in [6, 6.07) is 24.7. The van der Waals surface area contributed by atoms with Crippen molar-refractivity contribution in [3.8, 4) is 10.6 Å². The molecule has 0 bridgehead atoms. The Morgan fingerprint density at radius 2 is 0.583 bits per heavy atom. The predicted molar refractivity (Wildman–Crippen MR) is 222 cm³/mol. The zero-order valence-corrected chi connectivity index (χ0v) is 35.5. The Labute approximate surface area is 296 Å². The van der Waals surface area contributed by atoms with Crippen molar-refractivity contribution in [2.75, 3.05) is 0 Å². The Bertz CT molecular complexity index is 1780. The molecule has 0 aliphatic carbocycles. The van der Waals surface area contributed by atoms with E-state index in [4.69, 9.17) is 0 Å². The van der Waals surface area contributed by atoms with E-state index in [-0.39, 0.29) is 32.5 Å². The zero-order chi connectivity index (χ0) is 36.2. The first-order valence-corrected chi connectivity index (χ1v) is 21.5. The van der Waals surface area contributed by atoms with Gasteiger partial charge in [0.05, 0.1) is 0 Å². The Balaban J connectivity index is 2.11. The van der Waals surface area contributed by atoms with Crippen LogP contribution in [0, 0.1) is 0 Å². The summed E-state index contributed by atoms with van der Waals surface area (Å²) in [4.78, 5) is 0. The molecular formula is C46H64P2. The van der Waals surface area contributed by atoms with Crippen LogP contribution in [-0.4, -0.2) is 0 Å². The van der Waals surface area contributed by atoms with Gasteiger partial charge < -0.3 is 0 Å². The Hall–Kier alpha value is -2.26. The van der Waals surface area contributed by atoms with Gasteiger partial charge in [-0.05, 0) is 88.8 Å². The molecule has 0 saturated carbocycles. The van der Waals surface area contributed by atoms with E-state index in [0.29, 0.717) is 0 Å². The third-order valence-corrected chi connectivity index (χ3v) is 17.8. The fourth-order valence-electron chi connectivity index (χ4n) is 7.05. The van der Waals surface area contributed by atoms with Crippen molar-refractivity contribution < 1.29 is 0 Å². The van der Waals surface area contributed by atoms with E-state index in [1.165, 1.54) is 21.9 Å². The van der Waals surface area contributed by atoms with Crippen molar-refractivity contribution in [3.05, 3.63) is 94.0 Å². The minimum atomic E-state index is -0.640. The van der Waals surface area contributed by atoms with E-state index in [1.807, 2.05) is 0 Å². The highest BCUT2D eigenvalue weighted by atomic mass is 31.9.